The number of nitrogens with zero attached hydrogens (tertiary/aromatic N) is 1. The molecule has 0 saturated heterocycles. The third kappa shape index (κ3) is 4.26. The molecule has 0 radical (unpaired) electrons. The highest BCUT2D eigenvalue weighted by Gasteiger charge is 2.20. The van der Waals surface area contributed by atoms with E-state index in [-0.39, 0.29) is 11.7 Å². The second-order valence-corrected chi connectivity index (χ2v) is 7.44. The van der Waals surface area contributed by atoms with Crippen LogP contribution in [-0.2, 0) is 6.42 Å². The predicted octanol–water partition coefficient (Wildman–Crippen LogP) is 5.95. The van der Waals surface area contributed by atoms with Crippen LogP contribution < -0.4 is 10.1 Å². The number of pyridine rings is 1. The molecule has 0 bridgehead atoms. The maximum Gasteiger partial charge on any atom is 0.255 e. The molecule has 1 heterocycles. The van der Waals surface area contributed by atoms with Gasteiger partial charge >= 0.3 is 0 Å². The zero-order chi connectivity index (χ0) is 20.4. The van der Waals surface area contributed by atoms with Crippen LogP contribution in [0.15, 0.2) is 54.7 Å². The van der Waals surface area contributed by atoms with Crippen molar-refractivity contribution in [2.24, 2.45) is 0 Å². The minimum atomic E-state index is -0.324. The van der Waals surface area contributed by atoms with Gasteiger partial charge in [0.15, 0.2) is 5.78 Å². The molecule has 0 spiro atoms. The van der Waals surface area contributed by atoms with E-state index in [4.69, 9.17) is 27.9 Å². The summed E-state index contributed by atoms with van der Waals surface area (Å²) in [5, 5.41) is 3.44. The number of anilines is 1. The number of benzene rings is 2. The largest absolute Gasteiger partial charge is 0.439 e. The summed E-state index contributed by atoms with van der Waals surface area (Å²) in [6.45, 7) is 0. The summed E-state index contributed by atoms with van der Waals surface area (Å²) >= 11 is 11.8. The number of fused-ring (bicyclic) bond motifs is 1. The first-order chi connectivity index (χ1) is 14.0. The number of amides is 1. The second kappa shape index (κ2) is 8.23. The van der Waals surface area contributed by atoms with E-state index in [9.17, 15) is 9.59 Å². The lowest BCUT2D eigenvalue weighted by Gasteiger charge is -2.18. The minimum absolute atomic E-state index is 0.144. The molecular weight excluding hydrogens is 411 g/mol. The number of halogens is 2. The van der Waals surface area contributed by atoms with Gasteiger partial charge in [0.05, 0.1) is 21.9 Å². The van der Waals surface area contributed by atoms with Crippen molar-refractivity contribution >= 4 is 40.6 Å². The number of ketones is 1. The maximum absolute atomic E-state index is 12.3. The van der Waals surface area contributed by atoms with Gasteiger partial charge in [-0.05, 0) is 43.2 Å². The van der Waals surface area contributed by atoms with Crippen molar-refractivity contribution in [3.63, 3.8) is 0 Å². The summed E-state index contributed by atoms with van der Waals surface area (Å²) in [5.74, 6) is 0.833. The fourth-order valence-electron chi connectivity index (χ4n) is 3.21. The van der Waals surface area contributed by atoms with E-state index in [0.717, 1.165) is 24.0 Å². The lowest BCUT2D eigenvalue weighted by atomic mass is 9.90. The van der Waals surface area contributed by atoms with E-state index in [2.05, 4.69) is 10.3 Å². The summed E-state index contributed by atoms with van der Waals surface area (Å²) in [5.41, 5.74) is 2.54. The fraction of sp³-hybridized carbons (Fsp3) is 0.136. The predicted molar refractivity (Wildman–Crippen MR) is 112 cm³/mol. The normalized spacial score (nSPS) is 13.0. The molecule has 1 aliphatic rings. The number of rotatable bonds is 4. The van der Waals surface area contributed by atoms with Crippen LogP contribution in [0.25, 0.3) is 0 Å². The van der Waals surface area contributed by atoms with Crippen LogP contribution in [0.4, 0.5) is 5.69 Å². The van der Waals surface area contributed by atoms with Crippen molar-refractivity contribution < 1.29 is 14.3 Å². The Bertz CT molecular complexity index is 1100. The van der Waals surface area contributed by atoms with E-state index in [1.807, 2.05) is 18.2 Å². The molecule has 1 amide bonds. The first kappa shape index (κ1) is 19.4. The Balaban J connectivity index is 1.47. The standard InChI is InChI=1S/C22H16Cl2N2O3/c23-17-9-7-13(11-18(17)24)22(28)26-14-8-10-21(25-12-14)29-20-6-2-3-15-16(20)4-1-5-19(15)27/h2-3,6-12H,1,4-5H2,(H,26,28). The van der Waals surface area contributed by atoms with Gasteiger partial charge in [0, 0.05) is 29.2 Å². The Labute approximate surface area is 177 Å². The Hall–Kier alpha value is -2.89. The monoisotopic (exact) mass is 426 g/mol. The molecule has 2 aromatic carbocycles. The number of Topliss-reactive ketones (excluding diaryl/α,β-unsaturated/α-hetero) is 1. The lowest BCUT2D eigenvalue weighted by molar-refractivity contribution is 0.0970. The Morgan fingerprint density at radius 1 is 1.03 bits per heavy atom. The first-order valence-electron chi connectivity index (χ1n) is 9.06. The molecule has 1 N–H and O–H groups in total. The molecule has 29 heavy (non-hydrogen) atoms. The van der Waals surface area contributed by atoms with Crippen LogP contribution in [0.1, 0.15) is 39.1 Å². The van der Waals surface area contributed by atoms with Crippen LogP contribution in [-0.4, -0.2) is 16.7 Å². The zero-order valence-electron chi connectivity index (χ0n) is 15.2. The zero-order valence-corrected chi connectivity index (χ0v) is 16.8. The molecule has 5 nitrogen and oxygen atoms in total. The number of hydrogen-bond acceptors (Lipinski definition) is 4. The van der Waals surface area contributed by atoms with E-state index in [0.29, 0.717) is 39.3 Å². The van der Waals surface area contributed by atoms with Gasteiger partial charge in [0.2, 0.25) is 5.88 Å². The highest BCUT2D eigenvalue weighted by Crippen LogP contribution is 2.32. The van der Waals surface area contributed by atoms with E-state index >= 15 is 0 Å². The van der Waals surface area contributed by atoms with Crippen LogP contribution >= 0.6 is 23.2 Å². The molecule has 146 valence electrons. The first-order valence-corrected chi connectivity index (χ1v) is 9.82. The summed E-state index contributed by atoms with van der Waals surface area (Å²) < 4.78 is 5.89. The molecule has 3 aromatic rings. The molecular formula is C22H16Cl2N2O3. The molecule has 0 saturated carbocycles. The lowest BCUT2D eigenvalue weighted by Crippen LogP contribution is -2.12. The van der Waals surface area contributed by atoms with Crippen molar-refractivity contribution in [2.45, 2.75) is 19.3 Å². The molecule has 0 fully saturated rings. The van der Waals surface area contributed by atoms with Gasteiger partial charge < -0.3 is 10.1 Å². The summed E-state index contributed by atoms with van der Waals surface area (Å²) in [6, 6.07) is 13.5. The van der Waals surface area contributed by atoms with E-state index < -0.39 is 0 Å². The SMILES string of the molecule is O=C(Nc1ccc(Oc2cccc3c2CCCC3=O)nc1)c1ccc(Cl)c(Cl)c1. The third-order valence-corrected chi connectivity index (χ3v) is 5.39. The average Bonchev–Trinajstić information content (AvgIpc) is 2.72. The summed E-state index contributed by atoms with van der Waals surface area (Å²) in [7, 11) is 0. The minimum Gasteiger partial charge on any atom is -0.439 e. The molecule has 4 rings (SSSR count). The molecule has 0 unspecified atom stereocenters. The van der Waals surface area contributed by atoms with Crippen molar-refractivity contribution in [1.29, 1.82) is 0 Å². The molecule has 1 aromatic heterocycles. The maximum atomic E-state index is 12.3. The quantitative estimate of drug-likeness (QED) is 0.559. The van der Waals surface area contributed by atoms with Crippen LogP contribution in [0.2, 0.25) is 10.0 Å². The van der Waals surface area contributed by atoms with Crippen LogP contribution in [0, 0.1) is 0 Å². The van der Waals surface area contributed by atoms with Crippen LogP contribution in [0.5, 0.6) is 11.6 Å². The van der Waals surface area contributed by atoms with Crippen LogP contribution in [0.3, 0.4) is 0 Å². The molecule has 0 atom stereocenters. The number of carbonyl (C=O) groups excluding carboxylic acids is 2. The number of carbonyl (C=O) groups is 2. The Morgan fingerprint density at radius 2 is 1.90 bits per heavy atom. The Morgan fingerprint density at radius 3 is 2.66 bits per heavy atom. The average molecular weight is 427 g/mol. The number of ether oxygens (including phenoxy) is 1. The molecule has 1 aliphatic carbocycles. The van der Waals surface area contributed by atoms with Gasteiger partial charge in [-0.15, -0.1) is 0 Å². The van der Waals surface area contributed by atoms with Gasteiger partial charge in [-0.25, -0.2) is 4.98 Å². The number of nitrogens with one attached hydrogen (secondary N) is 1. The molecule has 0 aliphatic heterocycles. The highest BCUT2D eigenvalue weighted by molar-refractivity contribution is 6.42. The van der Waals surface area contributed by atoms with E-state index in [1.54, 1.807) is 24.3 Å². The van der Waals surface area contributed by atoms with Crippen molar-refractivity contribution in [3.8, 4) is 11.6 Å². The topological polar surface area (TPSA) is 68.3 Å². The number of hydrogen-bond donors (Lipinski definition) is 1. The number of aromatic nitrogens is 1. The second-order valence-electron chi connectivity index (χ2n) is 6.63. The smallest absolute Gasteiger partial charge is 0.255 e. The highest BCUT2D eigenvalue weighted by atomic mass is 35.5. The van der Waals surface area contributed by atoms with E-state index in [1.165, 1.54) is 12.3 Å². The van der Waals surface area contributed by atoms with Crippen molar-refractivity contribution in [1.82, 2.24) is 4.98 Å². The van der Waals surface area contributed by atoms with Crippen molar-refractivity contribution in [2.75, 3.05) is 5.32 Å². The van der Waals surface area contributed by atoms with Gasteiger partial charge in [-0.1, -0.05) is 35.3 Å². The third-order valence-electron chi connectivity index (χ3n) is 4.65. The molecule has 7 heteroatoms. The van der Waals surface area contributed by atoms with Crippen molar-refractivity contribution in [3.05, 3.63) is 81.5 Å². The van der Waals surface area contributed by atoms with Gasteiger partial charge in [0.25, 0.3) is 5.91 Å². The fourth-order valence-corrected chi connectivity index (χ4v) is 3.51. The Kier molecular flexibility index (Phi) is 5.51. The van der Waals surface area contributed by atoms with Gasteiger partial charge in [0.1, 0.15) is 5.75 Å². The van der Waals surface area contributed by atoms with Gasteiger partial charge in [-0.2, -0.15) is 0 Å². The van der Waals surface area contributed by atoms with Gasteiger partial charge in [-0.3, -0.25) is 9.59 Å². The summed E-state index contributed by atoms with van der Waals surface area (Å²) in [4.78, 5) is 28.7. The summed E-state index contributed by atoms with van der Waals surface area (Å²) in [6.07, 6.45) is 3.70.